The van der Waals surface area contributed by atoms with Crippen molar-refractivity contribution < 1.29 is 23.1 Å². The molecule has 3 aromatic carbocycles. The number of carbonyl (C=O) groups excluding carboxylic acids is 1. The van der Waals surface area contributed by atoms with Gasteiger partial charge in [-0.15, -0.1) is 0 Å². The van der Waals surface area contributed by atoms with Gasteiger partial charge in [0.25, 0.3) is 5.91 Å². The Balaban J connectivity index is 1.48. The van der Waals surface area contributed by atoms with Gasteiger partial charge in [0.15, 0.2) is 5.43 Å². The van der Waals surface area contributed by atoms with Crippen molar-refractivity contribution in [2.24, 2.45) is 0 Å². The lowest BCUT2D eigenvalue weighted by atomic mass is 9.98. The van der Waals surface area contributed by atoms with E-state index in [9.17, 15) is 14.0 Å². The van der Waals surface area contributed by atoms with Crippen molar-refractivity contribution in [2.75, 3.05) is 13.2 Å². The van der Waals surface area contributed by atoms with Crippen molar-refractivity contribution in [3.8, 4) is 11.5 Å². The summed E-state index contributed by atoms with van der Waals surface area (Å²) in [6.07, 6.45) is 1.63. The lowest BCUT2D eigenvalue weighted by Crippen LogP contribution is -2.36. The SMILES string of the molecule is O=C1c2oc3ccc(F)cc3c(=O)c2C(c2cccc(Oc3ccccc3)c2)N1CC1CCCO1. The van der Waals surface area contributed by atoms with Crippen molar-refractivity contribution in [3.63, 3.8) is 0 Å². The van der Waals surface area contributed by atoms with E-state index in [0.717, 1.165) is 18.9 Å². The zero-order valence-electron chi connectivity index (χ0n) is 18.8. The second-order valence-corrected chi connectivity index (χ2v) is 8.80. The summed E-state index contributed by atoms with van der Waals surface area (Å²) in [5.74, 6) is 0.317. The highest BCUT2D eigenvalue weighted by atomic mass is 19.1. The van der Waals surface area contributed by atoms with Gasteiger partial charge in [-0.2, -0.15) is 0 Å². The van der Waals surface area contributed by atoms with E-state index < -0.39 is 17.3 Å². The van der Waals surface area contributed by atoms with Gasteiger partial charge in [0.2, 0.25) is 5.76 Å². The fourth-order valence-electron chi connectivity index (χ4n) is 4.91. The number of amides is 1. The number of para-hydroxylation sites is 1. The zero-order valence-corrected chi connectivity index (χ0v) is 18.8. The van der Waals surface area contributed by atoms with Gasteiger partial charge < -0.3 is 18.8 Å². The maximum atomic E-state index is 14.0. The van der Waals surface area contributed by atoms with E-state index in [0.29, 0.717) is 30.2 Å². The number of nitrogens with zero attached hydrogens (tertiary/aromatic N) is 1. The minimum atomic E-state index is -0.704. The molecule has 4 aromatic rings. The van der Waals surface area contributed by atoms with Crippen molar-refractivity contribution in [2.45, 2.75) is 25.0 Å². The molecule has 0 bridgehead atoms. The first-order chi connectivity index (χ1) is 17.1. The Hall–Kier alpha value is -3.97. The Morgan fingerprint density at radius 3 is 2.60 bits per heavy atom. The summed E-state index contributed by atoms with van der Waals surface area (Å²) >= 11 is 0. The lowest BCUT2D eigenvalue weighted by Gasteiger charge is -2.27. The summed E-state index contributed by atoms with van der Waals surface area (Å²) in [6.45, 7) is 0.965. The second-order valence-electron chi connectivity index (χ2n) is 8.80. The average Bonchev–Trinajstić information content (AvgIpc) is 3.48. The predicted molar refractivity (Wildman–Crippen MR) is 127 cm³/mol. The van der Waals surface area contributed by atoms with Gasteiger partial charge in [0.1, 0.15) is 22.9 Å². The monoisotopic (exact) mass is 471 g/mol. The molecule has 1 fully saturated rings. The Morgan fingerprint density at radius 2 is 1.80 bits per heavy atom. The molecule has 2 aliphatic rings. The summed E-state index contributed by atoms with van der Waals surface area (Å²) in [6, 6.07) is 19.7. The highest BCUT2D eigenvalue weighted by Gasteiger charge is 2.44. The maximum Gasteiger partial charge on any atom is 0.291 e. The lowest BCUT2D eigenvalue weighted by molar-refractivity contribution is 0.0486. The van der Waals surface area contributed by atoms with E-state index in [1.165, 1.54) is 12.1 Å². The van der Waals surface area contributed by atoms with Crippen molar-refractivity contribution >= 4 is 16.9 Å². The normalized spacial score (nSPS) is 19.3. The fourth-order valence-corrected chi connectivity index (χ4v) is 4.91. The van der Waals surface area contributed by atoms with Crippen molar-refractivity contribution in [3.05, 3.63) is 106 Å². The van der Waals surface area contributed by atoms with Crippen LogP contribution in [-0.4, -0.2) is 30.1 Å². The fraction of sp³-hybridized carbons (Fsp3) is 0.214. The molecule has 0 spiro atoms. The first-order valence-corrected chi connectivity index (χ1v) is 11.6. The van der Waals surface area contributed by atoms with Crippen LogP contribution < -0.4 is 10.2 Å². The average molecular weight is 471 g/mol. The van der Waals surface area contributed by atoms with E-state index >= 15 is 0 Å². The number of hydrogen-bond donors (Lipinski definition) is 0. The molecule has 0 N–H and O–H groups in total. The molecule has 7 heteroatoms. The molecule has 2 atom stereocenters. The van der Waals surface area contributed by atoms with Crippen LogP contribution in [0.4, 0.5) is 4.39 Å². The summed E-state index contributed by atoms with van der Waals surface area (Å²) in [7, 11) is 0. The molecular weight excluding hydrogens is 449 g/mol. The summed E-state index contributed by atoms with van der Waals surface area (Å²) in [5.41, 5.74) is 0.681. The molecule has 1 amide bonds. The van der Waals surface area contributed by atoms with E-state index in [-0.39, 0.29) is 34.3 Å². The maximum absolute atomic E-state index is 14.0. The topological polar surface area (TPSA) is 69.0 Å². The number of fused-ring (bicyclic) bond motifs is 2. The van der Waals surface area contributed by atoms with Gasteiger partial charge in [-0.1, -0.05) is 30.3 Å². The predicted octanol–water partition coefficient (Wildman–Crippen LogP) is 5.45. The number of benzene rings is 3. The summed E-state index contributed by atoms with van der Waals surface area (Å²) in [5, 5.41) is 0.109. The number of hydrogen-bond acceptors (Lipinski definition) is 5. The van der Waals surface area contributed by atoms with Crippen LogP contribution in [-0.2, 0) is 4.74 Å². The van der Waals surface area contributed by atoms with Crippen LogP contribution in [0.3, 0.4) is 0 Å². The van der Waals surface area contributed by atoms with Crippen LogP contribution in [0.5, 0.6) is 11.5 Å². The number of halogens is 1. The van der Waals surface area contributed by atoms with Gasteiger partial charge in [0.05, 0.1) is 23.1 Å². The van der Waals surface area contributed by atoms with Gasteiger partial charge in [0, 0.05) is 13.2 Å². The van der Waals surface area contributed by atoms with Crippen LogP contribution in [0.1, 0.15) is 40.6 Å². The third-order valence-corrected chi connectivity index (χ3v) is 6.50. The van der Waals surface area contributed by atoms with Crippen LogP contribution in [0.15, 0.2) is 82.0 Å². The van der Waals surface area contributed by atoms with Gasteiger partial charge in [-0.25, -0.2) is 4.39 Å². The molecule has 0 aliphatic carbocycles. The highest BCUT2D eigenvalue weighted by molar-refractivity contribution is 5.99. The molecule has 0 saturated carbocycles. The van der Waals surface area contributed by atoms with Crippen LogP contribution >= 0.6 is 0 Å². The first-order valence-electron chi connectivity index (χ1n) is 11.6. The Morgan fingerprint density at radius 1 is 0.971 bits per heavy atom. The van der Waals surface area contributed by atoms with E-state index in [2.05, 4.69) is 0 Å². The molecule has 2 unspecified atom stereocenters. The molecule has 2 aliphatic heterocycles. The van der Waals surface area contributed by atoms with Crippen LogP contribution in [0.2, 0.25) is 0 Å². The van der Waals surface area contributed by atoms with Crippen LogP contribution in [0, 0.1) is 5.82 Å². The molecule has 1 saturated heterocycles. The Labute approximate surface area is 200 Å². The molecule has 6 rings (SSSR count). The number of carbonyl (C=O) groups is 1. The third-order valence-electron chi connectivity index (χ3n) is 6.50. The first kappa shape index (κ1) is 21.6. The standard InChI is InChI=1S/C28H22FNO5/c29-18-11-12-23-22(15-18)26(31)24-25(30(28(32)27(24)35-23)16-21-10-5-13-33-21)17-6-4-9-20(14-17)34-19-7-2-1-3-8-19/h1-4,6-9,11-12,14-15,21,25H,5,10,13,16H2. The Kier molecular flexibility index (Phi) is 5.34. The smallest absolute Gasteiger partial charge is 0.291 e. The van der Waals surface area contributed by atoms with Crippen molar-refractivity contribution in [1.82, 2.24) is 4.90 Å². The van der Waals surface area contributed by atoms with E-state index in [4.69, 9.17) is 13.9 Å². The molecule has 176 valence electrons. The molecule has 3 heterocycles. The minimum absolute atomic E-state index is 0.00788. The van der Waals surface area contributed by atoms with Crippen LogP contribution in [0.25, 0.3) is 11.0 Å². The molecule has 35 heavy (non-hydrogen) atoms. The van der Waals surface area contributed by atoms with Gasteiger partial charge >= 0.3 is 0 Å². The zero-order chi connectivity index (χ0) is 23.9. The number of rotatable bonds is 5. The highest BCUT2D eigenvalue weighted by Crippen LogP contribution is 2.40. The molecule has 0 radical (unpaired) electrons. The summed E-state index contributed by atoms with van der Waals surface area (Å²) in [4.78, 5) is 28.8. The Bertz CT molecular complexity index is 1480. The van der Waals surface area contributed by atoms with Crippen molar-refractivity contribution in [1.29, 1.82) is 0 Å². The minimum Gasteiger partial charge on any atom is -0.457 e. The molecule has 1 aromatic heterocycles. The summed E-state index contributed by atoms with van der Waals surface area (Å²) < 4.78 is 31.7. The largest absolute Gasteiger partial charge is 0.457 e. The third kappa shape index (κ3) is 3.88. The van der Waals surface area contributed by atoms with Gasteiger partial charge in [-0.05, 0) is 60.9 Å². The molecular formula is C28H22FNO5. The quantitative estimate of drug-likeness (QED) is 0.387. The number of ether oxygens (including phenoxy) is 2. The van der Waals surface area contributed by atoms with E-state index in [1.54, 1.807) is 4.90 Å². The van der Waals surface area contributed by atoms with Gasteiger partial charge in [-0.3, -0.25) is 9.59 Å². The second kappa shape index (κ2) is 8.67. The van der Waals surface area contributed by atoms with E-state index in [1.807, 2.05) is 54.6 Å². The molecule has 6 nitrogen and oxygen atoms in total.